The quantitative estimate of drug-likeness (QED) is 0.500. The van der Waals surface area contributed by atoms with Crippen molar-refractivity contribution in [1.29, 1.82) is 0 Å². The van der Waals surface area contributed by atoms with Gasteiger partial charge < -0.3 is 14.5 Å². The van der Waals surface area contributed by atoms with Crippen molar-refractivity contribution in [2.75, 3.05) is 27.3 Å². The van der Waals surface area contributed by atoms with Crippen LogP contribution in [0.3, 0.4) is 0 Å². The van der Waals surface area contributed by atoms with Gasteiger partial charge in [0.15, 0.2) is 0 Å². The van der Waals surface area contributed by atoms with Crippen molar-refractivity contribution < 1.29 is 19.1 Å². The Morgan fingerprint density at radius 2 is 2.00 bits per heavy atom. The number of hydrogen-bond acceptors (Lipinski definition) is 5. The highest BCUT2D eigenvalue weighted by Crippen LogP contribution is 2.45. The lowest BCUT2D eigenvalue weighted by Gasteiger charge is -2.45. The Kier molecular flexibility index (Phi) is 4.98. The first-order valence-corrected chi connectivity index (χ1v) is 9.70. The summed E-state index contributed by atoms with van der Waals surface area (Å²) in [4.78, 5) is 30.8. The van der Waals surface area contributed by atoms with Gasteiger partial charge >= 0.3 is 5.97 Å². The Balaban J connectivity index is 1.76. The number of esters is 1. The highest BCUT2D eigenvalue weighted by Gasteiger charge is 2.44. The minimum absolute atomic E-state index is 0.0943. The van der Waals surface area contributed by atoms with Gasteiger partial charge in [-0.1, -0.05) is 18.2 Å². The zero-order valence-electron chi connectivity index (χ0n) is 16.5. The molecule has 4 rings (SSSR count). The van der Waals surface area contributed by atoms with Gasteiger partial charge in [0, 0.05) is 41.5 Å². The number of H-pyrrole nitrogens is 1. The second-order valence-electron chi connectivity index (χ2n) is 7.68. The summed E-state index contributed by atoms with van der Waals surface area (Å²) in [5.74, 6) is -0.817. The number of aromatic amines is 1. The number of benzene rings is 1. The number of ether oxygens (including phenoxy) is 2. The molecule has 6 heteroatoms. The molecule has 0 unspecified atom stereocenters. The maximum absolute atomic E-state index is 12.4. The third-order valence-corrected chi connectivity index (χ3v) is 6.25. The van der Waals surface area contributed by atoms with Gasteiger partial charge in [-0.25, -0.2) is 4.79 Å². The summed E-state index contributed by atoms with van der Waals surface area (Å²) >= 11 is 0. The molecule has 28 heavy (non-hydrogen) atoms. The van der Waals surface area contributed by atoms with Crippen molar-refractivity contribution in [3.05, 3.63) is 47.4 Å². The summed E-state index contributed by atoms with van der Waals surface area (Å²) in [6.45, 7) is 3.16. The Morgan fingerprint density at radius 1 is 1.21 bits per heavy atom. The smallest absolute Gasteiger partial charge is 0.337 e. The van der Waals surface area contributed by atoms with Crippen LogP contribution >= 0.6 is 0 Å². The molecule has 6 nitrogen and oxygen atoms in total. The minimum atomic E-state index is -0.431. The van der Waals surface area contributed by atoms with Crippen LogP contribution in [0.1, 0.15) is 30.6 Å². The van der Waals surface area contributed by atoms with Crippen LogP contribution in [0.2, 0.25) is 0 Å². The van der Waals surface area contributed by atoms with Gasteiger partial charge in [-0.2, -0.15) is 0 Å². The van der Waals surface area contributed by atoms with Crippen molar-refractivity contribution in [1.82, 2.24) is 9.88 Å². The van der Waals surface area contributed by atoms with E-state index >= 15 is 0 Å². The fourth-order valence-corrected chi connectivity index (χ4v) is 4.93. The molecule has 0 bridgehead atoms. The van der Waals surface area contributed by atoms with E-state index in [0.29, 0.717) is 18.5 Å². The van der Waals surface area contributed by atoms with Crippen LogP contribution in [0.25, 0.3) is 10.9 Å². The second-order valence-corrected chi connectivity index (χ2v) is 7.68. The summed E-state index contributed by atoms with van der Waals surface area (Å²) in [7, 11) is 2.87. The van der Waals surface area contributed by atoms with Gasteiger partial charge in [0.25, 0.3) is 0 Å². The van der Waals surface area contributed by atoms with Gasteiger partial charge in [0.1, 0.15) is 5.78 Å². The lowest BCUT2D eigenvalue weighted by Crippen LogP contribution is -2.49. The van der Waals surface area contributed by atoms with Crippen LogP contribution in [0.4, 0.5) is 0 Å². The molecule has 0 spiro atoms. The first-order chi connectivity index (χ1) is 13.5. The van der Waals surface area contributed by atoms with Crippen LogP contribution in [0, 0.1) is 11.8 Å². The van der Waals surface area contributed by atoms with Crippen molar-refractivity contribution in [2.45, 2.75) is 25.8 Å². The molecule has 2 aromatic rings. The van der Waals surface area contributed by atoms with Crippen LogP contribution in [-0.4, -0.2) is 48.9 Å². The number of carbonyl (C=O) groups is 2. The first kappa shape index (κ1) is 18.7. The standard InChI is InChI=1S/C22H26N2O4/c1-13(25)17-11-24-9-8-15-14-6-4-5-7-19(14)23-21(15)20(24)10-16(17)18(12-27-2)22(26)28-3/h4-7,12,16-17,20,23H,8-11H2,1-3H3/b18-12+/t16-,17+,20+/m0/s1. The van der Waals surface area contributed by atoms with Crippen LogP contribution in [0.5, 0.6) is 0 Å². The van der Waals surface area contributed by atoms with Gasteiger partial charge in [0.05, 0.1) is 32.1 Å². The fraction of sp³-hybridized carbons (Fsp3) is 0.455. The molecule has 1 saturated heterocycles. The molecular formula is C22H26N2O4. The van der Waals surface area contributed by atoms with Crippen LogP contribution in [-0.2, 0) is 25.5 Å². The summed E-state index contributed by atoms with van der Waals surface area (Å²) in [5.41, 5.74) is 4.14. The molecule has 3 heterocycles. The molecule has 2 aliphatic heterocycles. The molecule has 1 aromatic heterocycles. The number of para-hydroxylation sites is 1. The molecule has 0 amide bonds. The van der Waals surface area contributed by atoms with Crippen molar-refractivity contribution in [3.8, 4) is 0 Å². The number of carbonyl (C=O) groups excluding carboxylic acids is 2. The van der Waals surface area contributed by atoms with Crippen molar-refractivity contribution in [2.24, 2.45) is 11.8 Å². The number of nitrogens with zero attached hydrogens (tertiary/aromatic N) is 1. The molecular weight excluding hydrogens is 356 g/mol. The number of nitrogens with one attached hydrogen (secondary N) is 1. The van der Waals surface area contributed by atoms with E-state index in [4.69, 9.17) is 9.47 Å². The van der Waals surface area contributed by atoms with Gasteiger partial charge in [0.2, 0.25) is 0 Å². The van der Waals surface area contributed by atoms with Crippen LogP contribution in [0.15, 0.2) is 36.1 Å². The topological polar surface area (TPSA) is 71.6 Å². The highest BCUT2D eigenvalue weighted by atomic mass is 16.5. The molecule has 3 atom stereocenters. The molecule has 148 valence electrons. The van der Waals surface area contributed by atoms with E-state index in [0.717, 1.165) is 18.5 Å². The number of Topliss-reactive ketones (excluding diaryl/α,β-unsaturated/α-hetero) is 1. The largest absolute Gasteiger partial charge is 0.504 e. The van der Waals surface area contributed by atoms with E-state index < -0.39 is 5.97 Å². The normalized spacial score (nSPS) is 25.1. The number of fused-ring (bicyclic) bond motifs is 5. The van der Waals surface area contributed by atoms with E-state index in [1.807, 2.05) is 6.07 Å². The van der Waals surface area contributed by atoms with E-state index in [1.54, 1.807) is 6.92 Å². The second kappa shape index (κ2) is 7.43. The van der Waals surface area contributed by atoms with E-state index in [-0.39, 0.29) is 23.7 Å². The van der Waals surface area contributed by atoms with E-state index in [9.17, 15) is 9.59 Å². The molecule has 1 fully saturated rings. The maximum Gasteiger partial charge on any atom is 0.337 e. The first-order valence-electron chi connectivity index (χ1n) is 9.70. The minimum Gasteiger partial charge on any atom is -0.504 e. The molecule has 2 aliphatic rings. The third kappa shape index (κ3) is 3.02. The van der Waals surface area contributed by atoms with Crippen LogP contribution < -0.4 is 0 Å². The van der Waals surface area contributed by atoms with E-state index in [2.05, 4.69) is 28.1 Å². The lowest BCUT2D eigenvalue weighted by molar-refractivity contribution is -0.138. The molecule has 0 aliphatic carbocycles. The van der Waals surface area contributed by atoms with Crippen molar-refractivity contribution >= 4 is 22.7 Å². The fourth-order valence-electron chi connectivity index (χ4n) is 4.93. The Bertz CT molecular complexity index is 945. The highest BCUT2D eigenvalue weighted by molar-refractivity contribution is 5.91. The monoisotopic (exact) mass is 382 g/mol. The predicted molar refractivity (Wildman–Crippen MR) is 106 cm³/mol. The predicted octanol–water partition coefficient (Wildman–Crippen LogP) is 3.00. The number of methoxy groups -OCH3 is 2. The zero-order chi connectivity index (χ0) is 19.8. The Hall–Kier alpha value is -2.60. The zero-order valence-corrected chi connectivity index (χ0v) is 16.5. The van der Waals surface area contributed by atoms with E-state index in [1.165, 1.54) is 37.1 Å². The molecule has 0 saturated carbocycles. The molecule has 1 N–H and O–H groups in total. The Labute approximate surface area is 164 Å². The number of hydrogen-bond donors (Lipinski definition) is 1. The maximum atomic E-state index is 12.4. The van der Waals surface area contributed by atoms with Crippen molar-refractivity contribution in [3.63, 3.8) is 0 Å². The molecule has 0 radical (unpaired) electrons. The summed E-state index contributed by atoms with van der Waals surface area (Å²) in [6, 6.07) is 8.50. The van der Waals surface area contributed by atoms with Gasteiger partial charge in [-0.15, -0.1) is 0 Å². The SMILES string of the molecule is CO/C=C(/C(=O)OC)[C@H]1C[C@@H]2c3[nH]c4ccccc4c3CCN2C[C@@H]1C(C)=O. The lowest BCUT2D eigenvalue weighted by atomic mass is 9.73. The third-order valence-electron chi connectivity index (χ3n) is 6.25. The summed E-state index contributed by atoms with van der Waals surface area (Å²) in [6.07, 6.45) is 3.08. The average Bonchev–Trinajstić information content (AvgIpc) is 3.09. The Morgan fingerprint density at radius 3 is 2.71 bits per heavy atom. The number of rotatable bonds is 4. The summed E-state index contributed by atoms with van der Waals surface area (Å²) in [5, 5.41) is 1.27. The number of aromatic nitrogens is 1. The van der Waals surface area contributed by atoms with Gasteiger partial charge in [-0.05, 0) is 31.4 Å². The molecule has 1 aromatic carbocycles. The van der Waals surface area contributed by atoms with Gasteiger partial charge in [-0.3, -0.25) is 9.69 Å². The average molecular weight is 382 g/mol. The number of piperidine rings is 1. The number of ketones is 1. The summed E-state index contributed by atoms with van der Waals surface area (Å²) < 4.78 is 10.1.